The van der Waals surface area contributed by atoms with Crippen molar-refractivity contribution < 1.29 is 14.3 Å². The van der Waals surface area contributed by atoms with Crippen molar-refractivity contribution in [2.45, 2.75) is 91.2 Å². The summed E-state index contributed by atoms with van der Waals surface area (Å²) in [5, 5.41) is 12.1. The van der Waals surface area contributed by atoms with Gasteiger partial charge in [0.05, 0.1) is 33.2 Å². The van der Waals surface area contributed by atoms with E-state index in [0.717, 1.165) is 72.0 Å². The summed E-state index contributed by atoms with van der Waals surface area (Å²) in [6, 6.07) is 8.28. The standard InChI is InChI=1S/C34H44BrN3O3/c1-7-17-34(21-25-10-8-9-11-27(25)31(34)38-32(39)41-33(4,5)6)18-14-22(2)30-28(35)13-12-26(23(3)37-30)29(36)24-15-19-40-20-16-24/h8-11,13,24,31,36H,2,7,14-21H2,1,3-6H3,(H,38,39)/t31-,34?/m1/s1. The van der Waals surface area contributed by atoms with Crippen LogP contribution in [0.1, 0.15) is 90.3 Å². The lowest BCUT2D eigenvalue weighted by molar-refractivity contribution is 0.0434. The zero-order valence-electron chi connectivity index (χ0n) is 25.2. The number of benzene rings is 1. The SMILES string of the molecule is C=C(CCC1(CCC)Cc2ccccc2[C@H]1NC(=O)OC(C)(C)C)C1=C(Br)C=C=C(C(=N)C2CCOCC2)C(C)=N1. The quantitative estimate of drug-likeness (QED) is 0.214. The highest BCUT2D eigenvalue weighted by Crippen LogP contribution is 2.52. The number of hydrogen-bond acceptors (Lipinski definition) is 5. The molecule has 1 fully saturated rings. The number of alkyl carbamates (subject to hydrolysis) is 1. The van der Waals surface area contributed by atoms with Crippen LogP contribution in [-0.4, -0.2) is 36.3 Å². The Morgan fingerprint density at radius 3 is 2.66 bits per heavy atom. The van der Waals surface area contributed by atoms with Gasteiger partial charge in [0.25, 0.3) is 0 Å². The van der Waals surface area contributed by atoms with E-state index in [0.29, 0.717) is 18.9 Å². The van der Waals surface area contributed by atoms with Gasteiger partial charge < -0.3 is 20.2 Å². The number of carbonyl (C=O) groups excluding carboxylic acids is 1. The third-order valence-corrected chi connectivity index (χ3v) is 8.90. The largest absolute Gasteiger partial charge is 0.444 e. The fourth-order valence-corrected chi connectivity index (χ4v) is 6.83. The van der Waals surface area contributed by atoms with E-state index in [9.17, 15) is 4.79 Å². The van der Waals surface area contributed by atoms with Crippen LogP contribution < -0.4 is 5.32 Å². The van der Waals surface area contributed by atoms with Gasteiger partial charge in [-0.15, -0.1) is 5.73 Å². The van der Waals surface area contributed by atoms with Crippen LogP contribution in [0.2, 0.25) is 0 Å². The van der Waals surface area contributed by atoms with Crippen molar-refractivity contribution in [3.8, 4) is 0 Å². The first kappa shape index (κ1) is 31.2. The van der Waals surface area contributed by atoms with Gasteiger partial charge in [-0.2, -0.15) is 0 Å². The number of carbonyl (C=O) groups is 1. The van der Waals surface area contributed by atoms with Crippen LogP contribution in [0.4, 0.5) is 4.79 Å². The smallest absolute Gasteiger partial charge is 0.408 e. The molecule has 2 heterocycles. The molecule has 41 heavy (non-hydrogen) atoms. The van der Waals surface area contributed by atoms with E-state index in [-0.39, 0.29) is 23.5 Å². The van der Waals surface area contributed by atoms with Gasteiger partial charge in [0.1, 0.15) is 5.60 Å². The Hall–Kier alpha value is -2.73. The average Bonchev–Trinajstić information content (AvgIpc) is 3.13. The molecule has 0 bridgehead atoms. The molecule has 0 saturated carbocycles. The zero-order valence-corrected chi connectivity index (χ0v) is 26.7. The minimum absolute atomic E-state index is 0.147. The van der Waals surface area contributed by atoms with E-state index in [1.54, 1.807) is 0 Å². The van der Waals surface area contributed by atoms with E-state index in [1.165, 1.54) is 11.1 Å². The molecule has 1 saturated heterocycles. The molecule has 0 spiro atoms. The summed E-state index contributed by atoms with van der Waals surface area (Å²) in [5.41, 5.74) is 8.89. The van der Waals surface area contributed by atoms with Crippen molar-refractivity contribution in [2.24, 2.45) is 16.3 Å². The number of amides is 1. The molecule has 4 rings (SSSR count). The number of ether oxygens (including phenoxy) is 2. The second-order valence-corrected chi connectivity index (χ2v) is 13.4. The normalized spacial score (nSPS) is 22.9. The Balaban J connectivity index is 1.55. The van der Waals surface area contributed by atoms with Crippen LogP contribution in [0.15, 0.2) is 69.0 Å². The highest BCUT2D eigenvalue weighted by atomic mass is 79.9. The van der Waals surface area contributed by atoms with Crippen LogP contribution in [0.25, 0.3) is 0 Å². The number of hydrogen-bond donors (Lipinski definition) is 2. The van der Waals surface area contributed by atoms with Gasteiger partial charge in [0.2, 0.25) is 0 Å². The van der Waals surface area contributed by atoms with Crippen molar-refractivity contribution in [3.05, 3.63) is 75.1 Å². The second kappa shape index (κ2) is 13.1. The average molecular weight is 623 g/mol. The highest BCUT2D eigenvalue weighted by Gasteiger charge is 2.46. The van der Waals surface area contributed by atoms with Gasteiger partial charge in [-0.1, -0.05) is 44.2 Å². The molecule has 1 unspecified atom stereocenters. The Kier molecular flexibility index (Phi) is 9.94. The van der Waals surface area contributed by atoms with Crippen LogP contribution in [0, 0.1) is 16.7 Å². The molecule has 7 heteroatoms. The number of allylic oxidation sites excluding steroid dienone is 3. The van der Waals surface area contributed by atoms with Gasteiger partial charge >= 0.3 is 6.09 Å². The molecule has 1 aromatic rings. The first-order valence-corrected chi connectivity index (χ1v) is 15.6. The van der Waals surface area contributed by atoms with Gasteiger partial charge in [-0.05, 0) is 110 Å². The lowest BCUT2D eigenvalue weighted by atomic mass is 9.72. The van der Waals surface area contributed by atoms with Gasteiger partial charge in [0.15, 0.2) is 0 Å². The number of nitrogens with zero attached hydrogens (tertiary/aromatic N) is 1. The minimum Gasteiger partial charge on any atom is -0.444 e. The summed E-state index contributed by atoms with van der Waals surface area (Å²) >= 11 is 3.72. The summed E-state index contributed by atoms with van der Waals surface area (Å²) in [7, 11) is 0. The minimum atomic E-state index is -0.570. The number of aliphatic imine (C=N–C) groups is 1. The summed E-state index contributed by atoms with van der Waals surface area (Å²) in [5.74, 6) is 0.167. The van der Waals surface area contributed by atoms with E-state index >= 15 is 0 Å². The topological polar surface area (TPSA) is 83.8 Å². The van der Waals surface area contributed by atoms with E-state index < -0.39 is 5.60 Å². The maximum Gasteiger partial charge on any atom is 0.408 e. The van der Waals surface area contributed by atoms with Crippen molar-refractivity contribution in [3.63, 3.8) is 0 Å². The Morgan fingerprint density at radius 2 is 1.98 bits per heavy atom. The van der Waals surface area contributed by atoms with E-state index in [1.807, 2.05) is 39.8 Å². The van der Waals surface area contributed by atoms with Crippen molar-refractivity contribution in [1.82, 2.24) is 5.32 Å². The monoisotopic (exact) mass is 621 g/mol. The maximum absolute atomic E-state index is 13.0. The number of fused-ring (bicyclic) bond motifs is 1. The second-order valence-electron chi connectivity index (χ2n) is 12.5. The van der Waals surface area contributed by atoms with E-state index in [2.05, 4.69) is 58.7 Å². The molecule has 1 amide bonds. The molecule has 0 radical (unpaired) electrons. The molecule has 1 aromatic carbocycles. The fraction of sp³-hybridized carbons (Fsp3) is 0.529. The molecule has 6 nitrogen and oxygen atoms in total. The van der Waals surface area contributed by atoms with Crippen LogP contribution in [-0.2, 0) is 15.9 Å². The molecule has 220 valence electrons. The van der Waals surface area contributed by atoms with Gasteiger partial charge in [-0.3, -0.25) is 4.99 Å². The molecule has 0 aromatic heterocycles. The van der Waals surface area contributed by atoms with Crippen molar-refractivity contribution in [2.75, 3.05) is 13.2 Å². The predicted molar refractivity (Wildman–Crippen MR) is 170 cm³/mol. The van der Waals surface area contributed by atoms with Crippen LogP contribution in [0.3, 0.4) is 0 Å². The molecule has 2 atom stereocenters. The van der Waals surface area contributed by atoms with Gasteiger partial charge in [0, 0.05) is 19.1 Å². The summed E-state index contributed by atoms with van der Waals surface area (Å²) < 4.78 is 12.0. The summed E-state index contributed by atoms with van der Waals surface area (Å²) in [4.78, 5) is 18.0. The first-order chi connectivity index (χ1) is 19.4. The predicted octanol–water partition coefficient (Wildman–Crippen LogP) is 8.54. The fourth-order valence-electron chi connectivity index (χ4n) is 6.35. The highest BCUT2D eigenvalue weighted by molar-refractivity contribution is 9.11. The molecule has 3 aliphatic rings. The van der Waals surface area contributed by atoms with E-state index in [4.69, 9.17) is 19.9 Å². The number of halogens is 1. The van der Waals surface area contributed by atoms with Crippen LogP contribution in [0.5, 0.6) is 0 Å². The first-order valence-electron chi connectivity index (χ1n) is 14.8. The Bertz CT molecular complexity index is 1320. The maximum atomic E-state index is 13.0. The lowest BCUT2D eigenvalue weighted by Gasteiger charge is -2.37. The molecule has 2 aliphatic heterocycles. The van der Waals surface area contributed by atoms with Crippen LogP contribution >= 0.6 is 15.9 Å². The Labute approximate surface area is 253 Å². The molecular weight excluding hydrogens is 578 g/mol. The van der Waals surface area contributed by atoms with Crippen molar-refractivity contribution >= 4 is 33.4 Å². The molecule has 1 aliphatic carbocycles. The Morgan fingerprint density at radius 1 is 1.27 bits per heavy atom. The summed E-state index contributed by atoms with van der Waals surface area (Å²) in [6.07, 6.45) is 7.62. The van der Waals surface area contributed by atoms with Gasteiger partial charge in [-0.25, -0.2) is 4.79 Å². The zero-order chi connectivity index (χ0) is 29.8. The third-order valence-electron chi connectivity index (χ3n) is 8.30. The molecular formula is C34H44BrN3O3. The summed E-state index contributed by atoms with van der Waals surface area (Å²) in [6.45, 7) is 15.7. The number of rotatable bonds is 9. The number of nitrogens with one attached hydrogen (secondary N) is 2. The lowest BCUT2D eigenvalue weighted by Crippen LogP contribution is -2.41. The third kappa shape index (κ3) is 7.38. The van der Waals surface area contributed by atoms with Crippen molar-refractivity contribution in [1.29, 1.82) is 5.41 Å². The molecule has 2 N–H and O–H groups in total.